The van der Waals surface area contributed by atoms with E-state index in [2.05, 4.69) is 38.1 Å². The van der Waals surface area contributed by atoms with Crippen molar-refractivity contribution in [1.82, 2.24) is 9.97 Å². The molecule has 0 amide bonds. The molecule has 0 unspecified atom stereocenters. The maximum Gasteiger partial charge on any atom is 0.136 e. The predicted molar refractivity (Wildman–Crippen MR) is 112 cm³/mol. The van der Waals surface area contributed by atoms with E-state index in [4.69, 9.17) is 0 Å². The standard InChI is InChI=1S/C22H24FN5/c1-16-5-3-4-6-20(16)26-21-15-22(25-17(2)24-21)28-13-11-27(12-14-28)19-9-7-18(23)8-10-19/h3-10,15H,11-14H2,1-2H3,(H,24,25,26). The highest BCUT2D eigenvalue weighted by atomic mass is 19.1. The van der Waals surface area contributed by atoms with Gasteiger partial charge in [0.25, 0.3) is 0 Å². The minimum Gasteiger partial charge on any atom is -0.368 e. The van der Waals surface area contributed by atoms with Crippen LogP contribution in [0.3, 0.4) is 0 Å². The highest BCUT2D eigenvalue weighted by Crippen LogP contribution is 2.24. The van der Waals surface area contributed by atoms with E-state index < -0.39 is 0 Å². The van der Waals surface area contributed by atoms with Crippen molar-refractivity contribution >= 4 is 23.0 Å². The molecule has 1 aromatic heterocycles. The molecule has 0 bridgehead atoms. The van der Waals surface area contributed by atoms with Gasteiger partial charge in [-0.05, 0) is 49.7 Å². The zero-order chi connectivity index (χ0) is 19.5. The number of benzene rings is 2. The Morgan fingerprint density at radius 3 is 2.25 bits per heavy atom. The molecule has 144 valence electrons. The highest BCUT2D eigenvalue weighted by Gasteiger charge is 2.19. The number of nitrogens with one attached hydrogen (secondary N) is 1. The van der Waals surface area contributed by atoms with Crippen LogP contribution in [0, 0.1) is 19.7 Å². The minimum absolute atomic E-state index is 0.201. The summed E-state index contributed by atoms with van der Waals surface area (Å²) in [5.74, 6) is 2.28. The summed E-state index contributed by atoms with van der Waals surface area (Å²) in [5.41, 5.74) is 3.28. The zero-order valence-electron chi connectivity index (χ0n) is 16.2. The van der Waals surface area contributed by atoms with Gasteiger partial charge in [0.1, 0.15) is 23.3 Å². The van der Waals surface area contributed by atoms with Gasteiger partial charge in [-0.3, -0.25) is 0 Å². The summed E-state index contributed by atoms with van der Waals surface area (Å²) in [5, 5.41) is 3.41. The summed E-state index contributed by atoms with van der Waals surface area (Å²) in [6.07, 6.45) is 0. The summed E-state index contributed by atoms with van der Waals surface area (Å²) >= 11 is 0. The van der Waals surface area contributed by atoms with Gasteiger partial charge < -0.3 is 15.1 Å². The molecule has 28 heavy (non-hydrogen) atoms. The van der Waals surface area contributed by atoms with E-state index in [1.165, 1.54) is 17.7 Å². The van der Waals surface area contributed by atoms with Crippen molar-refractivity contribution < 1.29 is 4.39 Å². The van der Waals surface area contributed by atoms with Gasteiger partial charge in [-0.15, -0.1) is 0 Å². The molecule has 2 aromatic carbocycles. The Bertz CT molecular complexity index is 949. The van der Waals surface area contributed by atoms with Gasteiger partial charge in [-0.2, -0.15) is 0 Å². The highest BCUT2D eigenvalue weighted by molar-refractivity contribution is 5.63. The van der Waals surface area contributed by atoms with Crippen LogP contribution in [-0.4, -0.2) is 36.1 Å². The molecule has 1 N–H and O–H groups in total. The normalized spacial score (nSPS) is 14.2. The fraction of sp³-hybridized carbons (Fsp3) is 0.273. The van der Waals surface area contributed by atoms with Gasteiger partial charge in [0, 0.05) is 43.6 Å². The van der Waals surface area contributed by atoms with Crippen LogP contribution >= 0.6 is 0 Å². The molecule has 0 atom stereocenters. The van der Waals surface area contributed by atoms with Crippen molar-refractivity contribution in [3.63, 3.8) is 0 Å². The lowest BCUT2D eigenvalue weighted by Crippen LogP contribution is -2.46. The first-order valence-electron chi connectivity index (χ1n) is 9.52. The van der Waals surface area contributed by atoms with Crippen LogP contribution < -0.4 is 15.1 Å². The summed E-state index contributed by atoms with van der Waals surface area (Å²) < 4.78 is 13.1. The molecular formula is C22H24FN5. The number of hydrogen-bond acceptors (Lipinski definition) is 5. The molecule has 6 heteroatoms. The van der Waals surface area contributed by atoms with Crippen LogP contribution in [0.1, 0.15) is 11.4 Å². The Morgan fingerprint density at radius 1 is 0.857 bits per heavy atom. The first-order valence-corrected chi connectivity index (χ1v) is 9.52. The smallest absolute Gasteiger partial charge is 0.136 e. The van der Waals surface area contributed by atoms with Crippen LogP contribution in [0.25, 0.3) is 0 Å². The van der Waals surface area contributed by atoms with Crippen molar-refractivity contribution in [2.45, 2.75) is 13.8 Å². The van der Waals surface area contributed by atoms with E-state index in [9.17, 15) is 4.39 Å². The molecule has 0 radical (unpaired) electrons. The average molecular weight is 377 g/mol. The molecule has 2 heterocycles. The lowest BCUT2D eigenvalue weighted by Gasteiger charge is -2.36. The maximum absolute atomic E-state index is 13.1. The molecule has 5 nitrogen and oxygen atoms in total. The third-order valence-corrected chi connectivity index (χ3v) is 5.03. The van der Waals surface area contributed by atoms with Crippen molar-refractivity contribution in [2.75, 3.05) is 41.3 Å². The zero-order valence-corrected chi connectivity index (χ0v) is 16.2. The number of piperazine rings is 1. The fourth-order valence-corrected chi connectivity index (χ4v) is 3.47. The van der Waals surface area contributed by atoms with E-state index in [1.807, 2.05) is 43.3 Å². The Hall–Kier alpha value is -3.15. The van der Waals surface area contributed by atoms with Gasteiger partial charge in [-0.1, -0.05) is 18.2 Å². The second-order valence-corrected chi connectivity index (χ2v) is 7.05. The third kappa shape index (κ3) is 4.06. The Balaban J connectivity index is 1.47. The van der Waals surface area contributed by atoms with Crippen LogP contribution in [0.15, 0.2) is 54.6 Å². The number of aromatic nitrogens is 2. The van der Waals surface area contributed by atoms with Crippen molar-refractivity contribution in [2.24, 2.45) is 0 Å². The van der Waals surface area contributed by atoms with Crippen molar-refractivity contribution in [1.29, 1.82) is 0 Å². The van der Waals surface area contributed by atoms with Crippen LogP contribution in [-0.2, 0) is 0 Å². The van der Waals surface area contributed by atoms with E-state index in [-0.39, 0.29) is 5.82 Å². The summed E-state index contributed by atoms with van der Waals surface area (Å²) in [6, 6.07) is 16.9. The molecule has 0 spiro atoms. The molecule has 0 saturated carbocycles. The molecule has 1 aliphatic rings. The van der Waals surface area contributed by atoms with E-state index in [0.29, 0.717) is 0 Å². The summed E-state index contributed by atoms with van der Waals surface area (Å²) in [4.78, 5) is 13.7. The summed E-state index contributed by atoms with van der Waals surface area (Å²) in [7, 11) is 0. The SMILES string of the molecule is Cc1nc(Nc2ccccc2C)cc(N2CCN(c3ccc(F)cc3)CC2)n1. The van der Waals surface area contributed by atoms with Gasteiger partial charge in [-0.25, -0.2) is 14.4 Å². The molecule has 0 aliphatic carbocycles. The lowest BCUT2D eigenvalue weighted by atomic mass is 10.2. The first-order chi connectivity index (χ1) is 13.6. The number of nitrogens with zero attached hydrogens (tertiary/aromatic N) is 4. The number of rotatable bonds is 4. The molecule has 1 saturated heterocycles. The number of para-hydroxylation sites is 1. The number of halogens is 1. The quantitative estimate of drug-likeness (QED) is 0.734. The minimum atomic E-state index is -0.201. The van der Waals surface area contributed by atoms with Crippen molar-refractivity contribution in [3.05, 3.63) is 71.8 Å². The average Bonchev–Trinajstić information content (AvgIpc) is 2.70. The second kappa shape index (κ2) is 7.84. The van der Waals surface area contributed by atoms with Crippen LogP contribution in [0.2, 0.25) is 0 Å². The van der Waals surface area contributed by atoms with Gasteiger partial charge >= 0.3 is 0 Å². The Morgan fingerprint density at radius 2 is 1.54 bits per heavy atom. The summed E-state index contributed by atoms with van der Waals surface area (Å²) in [6.45, 7) is 7.45. The second-order valence-electron chi connectivity index (χ2n) is 7.05. The Kier molecular flexibility index (Phi) is 5.10. The molecule has 1 fully saturated rings. The first kappa shape index (κ1) is 18.2. The maximum atomic E-state index is 13.1. The van der Waals surface area contributed by atoms with Crippen LogP contribution in [0.5, 0.6) is 0 Å². The lowest BCUT2D eigenvalue weighted by molar-refractivity contribution is 0.624. The molecule has 3 aromatic rings. The molecular weight excluding hydrogens is 353 g/mol. The molecule has 1 aliphatic heterocycles. The van der Waals surface area contributed by atoms with Gasteiger partial charge in [0.2, 0.25) is 0 Å². The predicted octanol–water partition coefficient (Wildman–Crippen LogP) is 4.30. The largest absolute Gasteiger partial charge is 0.368 e. The number of anilines is 4. The van der Waals surface area contributed by atoms with Gasteiger partial charge in [0.15, 0.2) is 0 Å². The van der Waals surface area contributed by atoms with Gasteiger partial charge in [0.05, 0.1) is 0 Å². The third-order valence-electron chi connectivity index (χ3n) is 5.03. The number of aryl methyl sites for hydroxylation is 2. The van der Waals surface area contributed by atoms with E-state index in [0.717, 1.165) is 55.0 Å². The fourth-order valence-electron chi connectivity index (χ4n) is 3.47. The van der Waals surface area contributed by atoms with Crippen molar-refractivity contribution in [3.8, 4) is 0 Å². The topological polar surface area (TPSA) is 44.3 Å². The monoisotopic (exact) mass is 377 g/mol. The van der Waals surface area contributed by atoms with E-state index >= 15 is 0 Å². The molecule has 4 rings (SSSR count). The number of hydrogen-bond donors (Lipinski definition) is 1. The Labute approximate surface area is 164 Å². The van der Waals surface area contributed by atoms with E-state index in [1.54, 1.807) is 0 Å². The van der Waals surface area contributed by atoms with Crippen LogP contribution in [0.4, 0.5) is 27.4 Å².